The Kier molecular flexibility index (Phi) is 13.1. The summed E-state index contributed by atoms with van der Waals surface area (Å²) in [7, 11) is 0. The van der Waals surface area contributed by atoms with Gasteiger partial charge in [0.05, 0.1) is 19.1 Å². The molecule has 0 radical (unpaired) electrons. The van der Waals surface area contributed by atoms with Gasteiger partial charge in [-0.25, -0.2) is 4.79 Å². The number of nitrogens with zero attached hydrogens (tertiary/aromatic N) is 1. The summed E-state index contributed by atoms with van der Waals surface area (Å²) in [5.41, 5.74) is 22.3. The number of amides is 4. The lowest BCUT2D eigenvalue weighted by Crippen LogP contribution is -2.58. The molecule has 0 aliphatic rings. The molecule has 0 fully saturated rings. The summed E-state index contributed by atoms with van der Waals surface area (Å²) < 4.78 is 0. The normalized spacial score (nSPS) is 13.8. The van der Waals surface area contributed by atoms with Crippen LogP contribution in [0.2, 0.25) is 0 Å². The average molecular weight is 523 g/mol. The van der Waals surface area contributed by atoms with Crippen LogP contribution in [0, 0.1) is 0 Å². The Hall–Kier alpha value is -4.24. The summed E-state index contributed by atoms with van der Waals surface area (Å²) in [6.45, 7) is -0.668. The Balaban J connectivity index is 3.02. The number of aliphatic hydroxyl groups is 1. The highest BCUT2D eigenvalue weighted by Gasteiger charge is 2.31. The van der Waals surface area contributed by atoms with Crippen LogP contribution in [0.3, 0.4) is 0 Å². The summed E-state index contributed by atoms with van der Waals surface area (Å²) in [5.74, 6) is -5.13. The highest BCUT2D eigenvalue weighted by atomic mass is 16.4. The number of aliphatic imine (C=N–C) groups is 1. The Morgan fingerprint density at radius 2 is 1.43 bits per heavy atom. The summed E-state index contributed by atoms with van der Waals surface area (Å²) in [4.78, 5) is 64.8. The second-order valence-electron chi connectivity index (χ2n) is 8.12. The zero-order valence-corrected chi connectivity index (χ0v) is 20.1. The van der Waals surface area contributed by atoms with Crippen LogP contribution in [0.15, 0.2) is 35.3 Å². The van der Waals surface area contributed by atoms with Gasteiger partial charge in [0.15, 0.2) is 5.96 Å². The van der Waals surface area contributed by atoms with Gasteiger partial charge in [-0.2, -0.15) is 0 Å². The minimum Gasteiger partial charge on any atom is -0.480 e. The van der Waals surface area contributed by atoms with Crippen LogP contribution in [0.25, 0.3) is 0 Å². The lowest BCUT2D eigenvalue weighted by atomic mass is 10.0. The van der Waals surface area contributed by atoms with Gasteiger partial charge in [-0.1, -0.05) is 30.3 Å². The molecule has 4 amide bonds. The number of aliphatic carboxylic acids is 1. The van der Waals surface area contributed by atoms with Gasteiger partial charge in [-0.15, -0.1) is 0 Å². The van der Waals surface area contributed by atoms with Crippen molar-refractivity contribution in [1.29, 1.82) is 0 Å². The van der Waals surface area contributed by atoms with Crippen LogP contribution < -0.4 is 38.9 Å². The number of aliphatic hydroxyl groups excluding tert-OH is 1. The third-order valence-electron chi connectivity index (χ3n) is 5.06. The van der Waals surface area contributed by atoms with Gasteiger partial charge in [-0.3, -0.25) is 24.2 Å². The topological polar surface area (TPSA) is 278 Å². The Labute approximate surface area is 213 Å². The van der Waals surface area contributed by atoms with E-state index in [9.17, 15) is 24.0 Å². The molecule has 15 nitrogen and oxygen atoms in total. The average Bonchev–Trinajstić information content (AvgIpc) is 2.83. The number of carboxylic acids is 1. The zero-order chi connectivity index (χ0) is 28.0. The number of carboxylic acid groups (broad SMARTS) is 1. The molecule has 37 heavy (non-hydrogen) atoms. The van der Waals surface area contributed by atoms with E-state index < -0.39 is 66.8 Å². The van der Waals surface area contributed by atoms with Crippen LogP contribution in [0.5, 0.6) is 0 Å². The third-order valence-corrected chi connectivity index (χ3v) is 5.06. The van der Waals surface area contributed by atoms with Gasteiger partial charge in [-0.05, 0) is 18.4 Å². The highest BCUT2D eigenvalue weighted by molar-refractivity contribution is 5.96. The van der Waals surface area contributed by atoms with Gasteiger partial charge < -0.3 is 49.1 Å². The molecule has 0 spiro atoms. The van der Waals surface area contributed by atoms with E-state index in [4.69, 9.17) is 33.1 Å². The molecule has 1 rings (SSSR count). The molecule has 0 aromatic heterocycles. The summed E-state index contributed by atoms with van der Waals surface area (Å²) in [6.07, 6.45) is -0.0324. The maximum absolute atomic E-state index is 13.1. The predicted molar refractivity (Wildman–Crippen MR) is 132 cm³/mol. The van der Waals surface area contributed by atoms with Gasteiger partial charge in [0.25, 0.3) is 0 Å². The fourth-order valence-corrected chi connectivity index (χ4v) is 3.13. The van der Waals surface area contributed by atoms with E-state index in [-0.39, 0.29) is 25.3 Å². The first-order valence-corrected chi connectivity index (χ1v) is 11.3. The van der Waals surface area contributed by atoms with Crippen molar-refractivity contribution in [2.75, 3.05) is 13.2 Å². The van der Waals surface area contributed by atoms with Crippen molar-refractivity contribution in [3.05, 3.63) is 35.9 Å². The van der Waals surface area contributed by atoms with Crippen LogP contribution in [0.4, 0.5) is 0 Å². The molecule has 0 aliphatic carbocycles. The molecule has 0 bridgehead atoms. The van der Waals surface area contributed by atoms with Crippen molar-refractivity contribution >= 4 is 35.6 Å². The van der Waals surface area contributed by atoms with Crippen molar-refractivity contribution in [2.45, 2.75) is 49.9 Å². The lowest BCUT2D eigenvalue weighted by Gasteiger charge is -2.24. The summed E-state index contributed by atoms with van der Waals surface area (Å²) >= 11 is 0. The van der Waals surface area contributed by atoms with E-state index in [0.29, 0.717) is 12.0 Å². The van der Waals surface area contributed by atoms with Crippen LogP contribution >= 0.6 is 0 Å². The molecule has 204 valence electrons. The third kappa shape index (κ3) is 11.8. The first kappa shape index (κ1) is 30.8. The maximum atomic E-state index is 13.1. The largest absolute Gasteiger partial charge is 0.480 e. The maximum Gasteiger partial charge on any atom is 0.328 e. The molecule has 0 saturated heterocycles. The number of carbonyl (C=O) groups is 5. The molecule has 13 N–H and O–H groups in total. The summed E-state index contributed by atoms with van der Waals surface area (Å²) in [5, 5.41) is 25.1. The Morgan fingerprint density at radius 3 is 1.97 bits per heavy atom. The highest BCUT2D eigenvalue weighted by Crippen LogP contribution is 2.06. The quantitative estimate of drug-likeness (QED) is 0.0576. The van der Waals surface area contributed by atoms with E-state index in [2.05, 4.69) is 15.6 Å². The number of guanidine groups is 1. The second kappa shape index (κ2) is 15.7. The monoisotopic (exact) mass is 522 g/mol. The van der Waals surface area contributed by atoms with E-state index >= 15 is 0 Å². The molecule has 4 atom stereocenters. The van der Waals surface area contributed by atoms with Gasteiger partial charge in [0.1, 0.15) is 18.1 Å². The van der Waals surface area contributed by atoms with Gasteiger partial charge in [0.2, 0.25) is 23.6 Å². The Bertz CT molecular complexity index is 969. The van der Waals surface area contributed by atoms with E-state index in [1.807, 2.05) is 5.32 Å². The number of hydrogen-bond donors (Lipinski definition) is 9. The van der Waals surface area contributed by atoms with Crippen LogP contribution in [-0.2, 0) is 30.4 Å². The summed E-state index contributed by atoms with van der Waals surface area (Å²) in [6, 6.07) is 3.20. The molecular weight excluding hydrogens is 488 g/mol. The number of rotatable bonds is 16. The number of primary amides is 1. The number of benzene rings is 1. The molecule has 0 heterocycles. The molecule has 1 aromatic rings. The molecule has 0 saturated carbocycles. The SMILES string of the molecule is NC(=O)CC(NC(=O)C(Cc1ccccc1)NC(=O)C(N)CCCN=C(N)N)C(=O)NC(CO)C(=O)O. The van der Waals surface area contributed by atoms with Crippen molar-refractivity contribution in [3.8, 4) is 0 Å². The smallest absolute Gasteiger partial charge is 0.328 e. The van der Waals surface area contributed by atoms with Crippen molar-refractivity contribution in [3.63, 3.8) is 0 Å². The fourth-order valence-electron chi connectivity index (χ4n) is 3.13. The number of nitrogens with one attached hydrogen (secondary N) is 3. The molecular formula is C22H34N8O7. The van der Waals surface area contributed by atoms with E-state index in [0.717, 1.165) is 0 Å². The standard InChI is InChI=1S/C22H34N8O7/c23-13(7-4-8-27-22(25)26)18(33)28-14(9-12-5-2-1-3-6-12)19(34)29-15(10-17(24)32)20(35)30-16(11-31)21(36)37/h1-3,5-6,13-16,31H,4,7-11,23H2,(H2,24,32)(H,28,33)(H,29,34)(H,30,35)(H,36,37)(H4,25,26,27). The van der Waals surface area contributed by atoms with Gasteiger partial charge >= 0.3 is 5.97 Å². The van der Waals surface area contributed by atoms with E-state index in [1.54, 1.807) is 30.3 Å². The van der Waals surface area contributed by atoms with Crippen molar-refractivity contribution in [2.24, 2.45) is 27.9 Å². The molecule has 15 heteroatoms. The number of carbonyl (C=O) groups excluding carboxylic acids is 4. The first-order chi connectivity index (χ1) is 17.4. The number of hydrogen-bond acceptors (Lipinski definition) is 8. The lowest BCUT2D eigenvalue weighted by molar-refractivity contribution is -0.143. The van der Waals surface area contributed by atoms with Crippen LogP contribution in [-0.4, -0.2) is 83.1 Å². The van der Waals surface area contributed by atoms with Crippen LogP contribution in [0.1, 0.15) is 24.8 Å². The minimum atomic E-state index is -1.67. The first-order valence-electron chi connectivity index (χ1n) is 11.3. The second-order valence-corrected chi connectivity index (χ2v) is 8.12. The van der Waals surface area contributed by atoms with E-state index in [1.165, 1.54) is 0 Å². The Morgan fingerprint density at radius 1 is 0.865 bits per heavy atom. The zero-order valence-electron chi connectivity index (χ0n) is 20.1. The fraction of sp³-hybridized carbons (Fsp3) is 0.455. The molecule has 0 aliphatic heterocycles. The molecule has 4 unspecified atom stereocenters. The molecule has 1 aromatic carbocycles. The van der Waals surface area contributed by atoms with Crippen molar-refractivity contribution in [1.82, 2.24) is 16.0 Å². The number of nitrogens with two attached hydrogens (primary N) is 4. The minimum absolute atomic E-state index is 0.0123. The van der Waals surface area contributed by atoms with Gasteiger partial charge in [0, 0.05) is 13.0 Å². The van der Waals surface area contributed by atoms with Crippen molar-refractivity contribution < 1.29 is 34.2 Å². The predicted octanol–water partition coefficient (Wildman–Crippen LogP) is -3.98.